The molecule has 0 unspecified atom stereocenters. The van der Waals surface area contributed by atoms with Crippen molar-refractivity contribution in [2.24, 2.45) is 0 Å². The molecule has 0 aliphatic carbocycles. The van der Waals surface area contributed by atoms with Crippen molar-refractivity contribution in [1.29, 1.82) is 0 Å². The molecule has 1 aliphatic rings. The molecule has 3 aromatic rings. The van der Waals surface area contributed by atoms with Crippen LogP contribution in [0.3, 0.4) is 0 Å². The smallest absolute Gasteiger partial charge is 0.373 e. The molecule has 0 saturated carbocycles. The van der Waals surface area contributed by atoms with Crippen LogP contribution < -0.4 is 15.0 Å². The molecule has 4 rings (SSSR count). The molecule has 36 heavy (non-hydrogen) atoms. The van der Waals surface area contributed by atoms with Gasteiger partial charge in [-0.1, -0.05) is 23.7 Å². The maximum Gasteiger partial charge on any atom is 0.373 e. The lowest BCUT2D eigenvalue weighted by atomic mass is 10.1. The zero-order valence-corrected chi connectivity index (χ0v) is 20.7. The fourth-order valence-corrected chi connectivity index (χ4v) is 3.61. The van der Waals surface area contributed by atoms with Crippen molar-refractivity contribution in [3.05, 3.63) is 88.0 Å². The lowest BCUT2D eigenvalue weighted by Crippen LogP contribution is -2.30. The van der Waals surface area contributed by atoms with E-state index in [0.29, 0.717) is 16.3 Å². The van der Waals surface area contributed by atoms with Gasteiger partial charge >= 0.3 is 12.0 Å². The average Bonchev–Trinajstić information content (AvgIpc) is 3.44. The Morgan fingerprint density at radius 1 is 1.11 bits per heavy atom. The van der Waals surface area contributed by atoms with Crippen molar-refractivity contribution in [3.8, 4) is 5.75 Å². The summed E-state index contributed by atoms with van der Waals surface area (Å²) in [5, 5.41) is 3.23. The Morgan fingerprint density at radius 3 is 2.56 bits per heavy atom. The Kier molecular flexibility index (Phi) is 7.30. The monoisotopic (exact) mass is 509 g/mol. The number of furan rings is 1. The first-order chi connectivity index (χ1) is 17.2. The number of methoxy groups -OCH3 is 1. The van der Waals surface area contributed by atoms with Gasteiger partial charge in [0.05, 0.1) is 13.7 Å². The topological polar surface area (TPSA) is 101 Å². The Morgan fingerprint density at radius 2 is 1.86 bits per heavy atom. The Balaban J connectivity index is 1.56. The normalized spacial score (nSPS) is 14.2. The van der Waals surface area contributed by atoms with Crippen LogP contribution in [0.1, 0.15) is 27.4 Å². The number of hydrogen-bond acceptors (Lipinski definition) is 7. The highest BCUT2D eigenvalue weighted by Gasteiger charge is 2.34. The van der Waals surface area contributed by atoms with E-state index in [4.69, 9.17) is 20.8 Å². The molecular weight excluding hydrogens is 486 g/mol. The van der Waals surface area contributed by atoms with Crippen LogP contribution in [0.4, 0.5) is 10.5 Å². The standard InChI is InChI=1S/C26H24ClN3O6/c1-29(2)19-9-6-17(23(13-19)35-15-16-4-7-18(27)8-5-16)12-21-24(31)30(26(33)28-21)14-20-10-11-22(36-20)25(32)34-3/h4-13H,14-15H2,1-3H3,(H,28,33)/b21-12-. The number of esters is 1. The fourth-order valence-electron chi connectivity index (χ4n) is 3.49. The van der Waals surface area contributed by atoms with Crippen LogP contribution in [0, 0.1) is 0 Å². The minimum Gasteiger partial charge on any atom is -0.488 e. The van der Waals surface area contributed by atoms with Crippen molar-refractivity contribution < 1.29 is 28.3 Å². The third kappa shape index (κ3) is 5.52. The summed E-state index contributed by atoms with van der Waals surface area (Å²) in [7, 11) is 5.06. The molecule has 1 fully saturated rings. The van der Waals surface area contributed by atoms with Crippen LogP contribution in [0.25, 0.3) is 6.08 Å². The number of nitrogens with one attached hydrogen (secondary N) is 1. The number of amides is 3. The molecule has 0 spiro atoms. The summed E-state index contributed by atoms with van der Waals surface area (Å²) in [5.74, 6) is -0.387. The molecule has 9 nitrogen and oxygen atoms in total. The summed E-state index contributed by atoms with van der Waals surface area (Å²) in [6, 6.07) is 15.2. The van der Waals surface area contributed by atoms with Crippen molar-refractivity contribution in [1.82, 2.24) is 10.2 Å². The van der Waals surface area contributed by atoms with E-state index in [0.717, 1.165) is 16.2 Å². The number of rotatable bonds is 8. The number of anilines is 1. The highest BCUT2D eigenvalue weighted by atomic mass is 35.5. The first-order valence-corrected chi connectivity index (χ1v) is 11.3. The number of carbonyl (C=O) groups is 3. The number of nitrogens with zero attached hydrogens (tertiary/aromatic N) is 2. The van der Waals surface area contributed by atoms with Crippen LogP contribution in [0.5, 0.6) is 5.75 Å². The minimum absolute atomic E-state index is 0.0150. The molecule has 0 bridgehead atoms. The van der Waals surface area contributed by atoms with Crippen molar-refractivity contribution >= 4 is 41.3 Å². The van der Waals surface area contributed by atoms with Crippen LogP contribution >= 0.6 is 11.6 Å². The van der Waals surface area contributed by atoms with Crippen LogP contribution in [0.15, 0.2) is 64.7 Å². The van der Waals surface area contributed by atoms with Gasteiger partial charge in [0.2, 0.25) is 5.76 Å². The average molecular weight is 510 g/mol. The number of benzene rings is 2. The third-order valence-corrected chi connectivity index (χ3v) is 5.70. The van der Waals surface area contributed by atoms with Gasteiger partial charge in [-0.3, -0.25) is 9.69 Å². The maximum absolute atomic E-state index is 13.0. The van der Waals surface area contributed by atoms with Crippen molar-refractivity contribution in [3.63, 3.8) is 0 Å². The van der Waals surface area contributed by atoms with Gasteiger partial charge in [0.25, 0.3) is 5.91 Å². The molecule has 0 radical (unpaired) electrons. The van der Waals surface area contributed by atoms with Gasteiger partial charge in [0.1, 0.15) is 23.8 Å². The number of carbonyl (C=O) groups excluding carboxylic acids is 3. The van der Waals surface area contributed by atoms with Gasteiger partial charge in [-0.2, -0.15) is 0 Å². The number of hydrogen-bond donors (Lipinski definition) is 1. The van der Waals surface area contributed by atoms with Gasteiger partial charge < -0.3 is 24.1 Å². The van der Waals surface area contributed by atoms with Gasteiger partial charge in [0.15, 0.2) is 0 Å². The molecule has 1 saturated heterocycles. The van der Waals surface area contributed by atoms with Crippen molar-refractivity contribution in [2.75, 3.05) is 26.1 Å². The zero-order valence-electron chi connectivity index (χ0n) is 19.9. The lowest BCUT2D eigenvalue weighted by Gasteiger charge is -2.16. The molecule has 0 atom stereocenters. The largest absolute Gasteiger partial charge is 0.488 e. The van der Waals surface area contributed by atoms with Crippen LogP contribution in [0.2, 0.25) is 5.02 Å². The summed E-state index contributed by atoms with van der Waals surface area (Å²) >= 11 is 5.96. The summed E-state index contributed by atoms with van der Waals surface area (Å²) in [5.41, 5.74) is 2.54. The predicted molar refractivity (Wildman–Crippen MR) is 134 cm³/mol. The fraction of sp³-hybridized carbons (Fsp3) is 0.192. The van der Waals surface area contributed by atoms with Gasteiger partial charge in [0, 0.05) is 36.4 Å². The Labute approximate surface area is 212 Å². The number of halogens is 1. The van der Waals surface area contributed by atoms with E-state index < -0.39 is 17.9 Å². The summed E-state index contributed by atoms with van der Waals surface area (Å²) in [4.78, 5) is 40.0. The maximum atomic E-state index is 13.0. The minimum atomic E-state index is -0.647. The van der Waals surface area contributed by atoms with Crippen LogP contribution in [-0.4, -0.2) is 44.0 Å². The highest BCUT2D eigenvalue weighted by molar-refractivity contribution is 6.30. The molecule has 2 heterocycles. The Bertz CT molecular complexity index is 1330. The van der Waals surface area contributed by atoms with E-state index in [1.54, 1.807) is 18.2 Å². The van der Waals surface area contributed by atoms with E-state index in [2.05, 4.69) is 10.1 Å². The summed E-state index contributed by atoms with van der Waals surface area (Å²) in [6.07, 6.45) is 1.57. The van der Waals surface area contributed by atoms with E-state index in [1.165, 1.54) is 19.2 Å². The first-order valence-electron chi connectivity index (χ1n) is 11.0. The summed E-state index contributed by atoms with van der Waals surface area (Å²) in [6.45, 7) is 0.149. The van der Waals surface area contributed by atoms with Crippen LogP contribution in [-0.2, 0) is 22.7 Å². The molecule has 1 N–H and O–H groups in total. The van der Waals surface area contributed by atoms with E-state index in [9.17, 15) is 14.4 Å². The number of imide groups is 1. The summed E-state index contributed by atoms with van der Waals surface area (Å²) < 4.78 is 16.1. The molecule has 1 aromatic heterocycles. The van der Waals surface area contributed by atoms with Gasteiger partial charge in [-0.05, 0) is 48.0 Å². The van der Waals surface area contributed by atoms with Gasteiger partial charge in [-0.25, -0.2) is 9.59 Å². The quantitative estimate of drug-likeness (QED) is 0.272. The second kappa shape index (κ2) is 10.6. The molecule has 10 heteroatoms. The highest BCUT2D eigenvalue weighted by Crippen LogP contribution is 2.29. The molecule has 1 aliphatic heterocycles. The second-order valence-electron chi connectivity index (χ2n) is 8.17. The Hall–Kier alpha value is -4.24. The lowest BCUT2D eigenvalue weighted by molar-refractivity contribution is -0.123. The third-order valence-electron chi connectivity index (χ3n) is 5.45. The zero-order chi connectivity index (χ0) is 25.8. The van der Waals surface area contributed by atoms with Gasteiger partial charge in [-0.15, -0.1) is 0 Å². The molecule has 2 aromatic carbocycles. The molecule has 3 amide bonds. The predicted octanol–water partition coefficient (Wildman–Crippen LogP) is 4.46. The number of urea groups is 1. The second-order valence-corrected chi connectivity index (χ2v) is 8.61. The number of ether oxygens (including phenoxy) is 2. The SMILES string of the molecule is COC(=O)c1ccc(CN2C(=O)N/C(=C\c3ccc(N(C)C)cc3OCc3ccc(Cl)cc3)C2=O)o1. The molecular formula is C26H24ClN3O6. The first kappa shape index (κ1) is 24.9. The van der Waals surface area contributed by atoms with E-state index >= 15 is 0 Å². The van der Waals surface area contributed by atoms with Crippen molar-refractivity contribution in [2.45, 2.75) is 13.2 Å². The molecule has 186 valence electrons. The van der Waals surface area contributed by atoms with E-state index in [-0.39, 0.29) is 30.4 Å². The van der Waals surface area contributed by atoms with E-state index in [1.807, 2.05) is 49.3 Å².